The lowest BCUT2D eigenvalue weighted by atomic mass is 10.1. The first-order valence-corrected chi connectivity index (χ1v) is 6.57. The van der Waals surface area contributed by atoms with Gasteiger partial charge in [0.1, 0.15) is 0 Å². The first-order chi connectivity index (χ1) is 9.34. The van der Waals surface area contributed by atoms with Crippen LogP contribution in [0.2, 0.25) is 0 Å². The molecule has 3 aromatic rings. The van der Waals surface area contributed by atoms with E-state index < -0.39 is 0 Å². The van der Waals surface area contributed by atoms with E-state index in [0.717, 1.165) is 19.5 Å². The lowest BCUT2D eigenvalue weighted by molar-refractivity contribution is 0.626. The van der Waals surface area contributed by atoms with E-state index in [2.05, 4.69) is 45.9 Å². The highest BCUT2D eigenvalue weighted by atomic mass is 15.3. The van der Waals surface area contributed by atoms with Gasteiger partial charge in [-0.1, -0.05) is 18.2 Å². The molecular weight excluding hydrogens is 236 g/mol. The number of para-hydroxylation sites is 1. The van der Waals surface area contributed by atoms with Crippen LogP contribution in [0.3, 0.4) is 0 Å². The fourth-order valence-corrected chi connectivity index (χ4v) is 2.35. The van der Waals surface area contributed by atoms with Crippen LogP contribution < -0.4 is 5.32 Å². The number of benzene rings is 1. The third kappa shape index (κ3) is 2.53. The maximum atomic E-state index is 4.16. The summed E-state index contributed by atoms with van der Waals surface area (Å²) < 4.78 is 1.90. The van der Waals surface area contributed by atoms with Gasteiger partial charge in [-0.25, -0.2) is 0 Å². The van der Waals surface area contributed by atoms with Gasteiger partial charge in [-0.3, -0.25) is 4.68 Å². The molecule has 0 saturated carbocycles. The van der Waals surface area contributed by atoms with Gasteiger partial charge in [0.25, 0.3) is 0 Å². The second-order valence-corrected chi connectivity index (χ2v) is 4.73. The molecule has 4 nitrogen and oxygen atoms in total. The SMILES string of the molecule is Cn1nccc1CNCCc1c[nH]c2ccccc12. The van der Waals surface area contributed by atoms with Gasteiger partial charge in [0.2, 0.25) is 0 Å². The summed E-state index contributed by atoms with van der Waals surface area (Å²) in [5.41, 5.74) is 3.79. The molecule has 0 bridgehead atoms. The number of aromatic amines is 1. The summed E-state index contributed by atoms with van der Waals surface area (Å²) in [7, 11) is 1.97. The third-order valence-corrected chi connectivity index (χ3v) is 3.47. The van der Waals surface area contributed by atoms with Crippen molar-refractivity contribution in [2.45, 2.75) is 13.0 Å². The largest absolute Gasteiger partial charge is 0.361 e. The predicted octanol–water partition coefficient (Wildman–Crippen LogP) is 2.23. The topological polar surface area (TPSA) is 45.6 Å². The fraction of sp³-hybridized carbons (Fsp3) is 0.267. The lowest BCUT2D eigenvalue weighted by Gasteiger charge is -2.04. The molecule has 0 saturated heterocycles. The van der Waals surface area contributed by atoms with Crippen molar-refractivity contribution in [3.8, 4) is 0 Å². The van der Waals surface area contributed by atoms with E-state index in [1.54, 1.807) is 0 Å². The number of nitrogens with zero attached hydrogens (tertiary/aromatic N) is 2. The molecule has 2 N–H and O–H groups in total. The van der Waals surface area contributed by atoms with Crippen LogP contribution in [-0.4, -0.2) is 21.3 Å². The number of H-pyrrole nitrogens is 1. The molecule has 0 amide bonds. The number of fused-ring (bicyclic) bond motifs is 1. The number of hydrogen-bond donors (Lipinski definition) is 2. The highest BCUT2D eigenvalue weighted by Gasteiger charge is 2.02. The Morgan fingerprint density at radius 2 is 2.16 bits per heavy atom. The monoisotopic (exact) mass is 254 g/mol. The Hall–Kier alpha value is -2.07. The Bertz CT molecular complexity index is 665. The van der Waals surface area contributed by atoms with Crippen LogP contribution in [0.1, 0.15) is 11.3 Å². The molecule has 0 aliphatic rings. The van der Waals surface area contributed by atoms with Crippen LogP contribution in [0.4, 0.5) is 0 Å². The van der Waals surface area contributed by atoms with Crippen molar-refractivity contribution in [2.75, 3.05) is 6.54 Å². The molecule has 0 unspecified atom stereocenters. The van der Waals surface area contributed by atoms with E-state index in [0.29, 0.717) is 0 Å². The van der Waals surface area contributed by atoms with E-state index in [4.69, 9.17) is 0 Å². The van der Waals surface area contributed by atoms with Crippen molar-refractivity contribution in [1.29, 1.82) is 0 Å². The smallest absolute Gasteiger partial charge is 0.0518 e. The summed E-state index contributed by atoms with van der Waals surface area (Å²) in [4.78, 5) is 3.31. The van der Waals surface area contributed by atoms with Gasteiger partial charge in [0.15, 0.2) is 0 Å². The first-order valence-electron chi connectivity index (χ1n) is 6.57. The van der Waals surface area contributed by atoms with E-state index in [-0.39, 0.29) is 0 Å². The number of aryl methyl sites for hydroxylation is 1. The average Bonchev–Trinajstić information content (AvgIpc) is 3.02. The van der Waals surface area contributed by atoms with Crippen LogP contribution in [0, 0.1) is 0 Å². The minimum Gasteiger partial charge on any atom is -0.361 e. The van der Waals surface area contributed by atoms with Gasteiger partial charge in [0, 0.05) is 36.9 Å². The van der Waals surface area contributed by atoms with E-state index in [1.807, 2.05) is 24.0 Å². The molecular formula is C15H18N4. The summed E-state index contributed by atoms with van der Waals surface area (Å²) in [5, 5.41) is 8.94. The summed E-state index contributed by atoms with van der Waals surface area (Å²) in [6.45, 7) is 1.83. The fourth-order valence-electron chi connectivity index (χ4n) is 2.35. The molecule has 0 radical (unpaired) electrons. The van der Waals surface area contributed by atoms with Gasteiger partial charge in [-0.15, -0.1) is 0 Å². The minimum absolute atomic E-state index is 0.860. The quantitative estimate of drug-likeness (QED) is 0.686. The molecule has 2 aromatic heterocycles. The Balaban J connectivity index is 1.57. The molecule has 2 heterocycles. The molecule has 19 heavy (non-hydrogen) atoms. The highest BCUT2D eigenvalue weighted by Crippen LogP contribution is 2.17. The summed E-state index contributed by atoms with van der Waals surface area (Å²) in [6.07, 6.45) is 4.97. The second kappa shape index (κ2) is 5.28. The van der Waals surface area contributed by atoms with Gasteiger partial charge in [0.05, 0.1) is 5.69 Å². The zero-order valence-corrected chi connectivity index (χ0v) is 11.1. The third-order valence-electron chi connectivity index (χ3n) is 3.47. The molecule has 4 heteroatoms. The lowest BCUT2D eigenvalue weighted by Crippen LogP contribution is -2.18. The summed E-state index contributed by atoms with van der Waals surface area (Å²) in [6, 6.07) is 10.5. The zero-order chi connectivity index (χ0) is 13.1. The molecule has 3 rings (SSSR count). The van der Waals surface area contributed by atoms with Crippen LogP contribution in [-0.2, 0) is 20.0 Å². The molecule has 0 spiro atoms. The van der Waals surface area contributed by atoms with Crippen LogP contribution in [0.5, 0.6) is 0 Å². The summed E-state index contributed by atoms with van der Waals surface area (Å²) in [5.74, 6) is 0. The summed E-state index contributed by atoms with van der Waals surface area (Å²) >= 11 is 0. The molecule has 0 atom stereocenters. The van der Waals surface area contributed by atoms with Crippen molar-refractivity contribution < 1.29 is 0 Å². The minimum atomic E-state index is 0.860. The Labute approximate surface area is 112 Å². The number of hydrogen-bond acceptors (Lipinski definition) is 2. The Morgan fingerprint density at radius 3 is 3.00 bits per heavy atom. The van der Waals surface area contributed by atoms with Crippen LogP contribution in [0.25, 0.3) is 10.9 Å². The van der Waals surface area contributed by atoms with E-state index in [1.165, 1.54) is 22.2 Å². The van der Waals surface area contributed by atoms with Gasteiger partial charge in [-0.05, 0) is 30.7 Å². The number of rotatable bonds is 5. The van der Waals surface area contributed by atoms with Crippen molar-refractivity contribution in [3.63, 3.8) is 0 Å². The Morgan fingerprint density at radius 1 is 1.26 bits per heavy atom. The van der Waals surface area contributed by atoms with E-state index in [9.17, 15) is 0 Å². The zero-order valence-electron chi connectivity index (χ0n) is 11.1. The maximum absolute atomic E-state index is 4.16. The normalized spacial score (nSPS) is 11.2. The van der Waals surface area contributed by atoms with Crippen LogP contribution >= 0.6 is 0 Å². The molecule has 1 aromatic carbocycles. The standard InChI is InChI=1S/C15H18N4/c1-19-13(7-9-18-19)11-16-8-6-12-10-17-15-5-3-2-4-14(12)15/h2-5,7,9-10,16-17H,6,8,11H2,1H3. The van der Waals surface area contributed by atoms with E-state index >= 15 is 0 Å². The van der Waals surface area contributed by atoms with Crippen molar-refractivity contribution in [3.05, 3.63) is 54.0 Å². The van der Waals surface area contributed by atoms with Crippen molar-refractivity contribution >= 4 is 10.9 Å². The van der Waals surface area contributed by atoms with Gasteiger partial charge < -0.3 is 10.3 Å². The Kier molecular flexibility index (Phi) is 3.33. The molecule has 98 valence electrons. The molecule has 0 aliphatic heterocycles. The van der Waals surface area contributed by atoms with Gasteiger partial charge in [-0.2, -0.15) is 5.10 Å². The average molecular weight is 254 g/mol. The molecule has 0 fully saturated rings. The number of aromatic nitrogens is 3. The highest BCUT2D eigenvalue weighted by molar-refractivity contribution is 5.83. The van der Waals surface area contributed by atoms with Crippen molar-refractivity contribution in [2.24, 2.45) is 7.05 Å². The first kappa shape index (κ1) is 12.0. The maximum Gasteiger partial charge on any atom is 0.0518 e. The molecule has 0 aliphatic carbocycles. The van der Waals surface area contributed by atoms with Crippen molar-refractivity contribution in [1.82, 2.24) is 20.1 Å². The van der Waals surface area contributed by atoms with Gasteiger partial charge >= 0.3 is 0 Å². The van der Waals surface area contributed by atoms with Crippen LogP contribution in [0.15, 0.2) is 42.7 Å². The number of nitrogens with one attached hydrogen (secondary N) is 2. The second-order valence-electron chi connectivity index (χ2n) is 4.73. The predicted molar refractivity (Wildman–Crippen MR) is 76.9 cm³/mol.